The normalized spacial score (nSPS) is 29.2. The number of ether oxygens (including phenoxy) is 3. The smallest absolute Gasteiger partial charge is 0.329 e. The predicted molar refractivity (Wildman–Crippen MR) is 44.8 cm³/mol. The molecule has 13 heavy (non-hydrogen) atoms. The first kappa shape index (κ1) is 10.7. The number of halogens is 1. The van der Waals surface area contributed by atoms with Gasteiger partial charge in [-0.25, -0.2) is 4.84 Å². The van der Waals surface area contributed by atoms with E-state index in [9.17, 15) is 4.79 Å². The highest BCUT2D eigenvalue weighted by molar-refractivity contribution is 6.14. The Hall–Kier alpha value is -0.360. The molecule has 1 atom stereocenters. The lowest BCUT2D eigenvalue weighted by Gasteiger charge is -2.36. The van der Waals surface area contributed by atoms with Crippen molar-refractivity contribution in [1.82, 2.24) is 4.84 Å². The molecular weight excluding hydrogens is 198 g/mol. The van der Waals surface area contributed by atoms with Crippen LogP contribution >= 0.6 is 11.8 Å². The van der Waals surface area contributed by atoms with E-state index in [0.717, 1.165) is 0 Å². The zero-order valence-electron chi connectivity index (χ0n) is 7.45. The average molecular weight is 210 g/mol. The third-order valence-corrected chi connectivity index (χ3v) is 1.82. The van der Waals surface area contributed by atoms with Gasteiger partial charge in [0.25, 0.3) is 0 Å². The molecule has 1 rings (SSSR count). The van der Waals surface area contributed by atoms with Gasteiger partial charge in [-0.3, -0.25) is 4.79 Å². The van der Waals surface area contributed by atoms with Crippen molar-refractivity contribution in [2.75, 3.05) is 6.61 Å². The molecule has 0 aromatic rings. The summed E-state index contributed by atoms with van der Waals surface area (Å²) in [7, 11) is 0. The van der Waals surface area contributed by atoms with E-state index in [1.54, 1.807) is 13.8 Å². The van der Waals surface area contributed by atoms with Crippen LogP contribution in [0.5, 0.6) is 0 Å². The minimum Gasteiger partial charge on any atom is -0.465 e. The lowest BCUT2D eigenvalue weighted by molar-refractivity contribution is -0.380. The third kappa shape index (κ3) is 2.54. The topological polar surface area (TPSA) is 56.8 Å². The van der Waals surface area contributed by atoms with E-state index in [-0.39, 0.29) is 6.29 Å². The summed E-state index contributed by atoms with van der Waals surface area (Å²) in [5, 5.41) is 0. The van der Waals surface area contributed by atoms with Crippen molar-refractivity contribution in [2.45, 2.75) is 32.5 Å². The highest BCUT2D eigenvalue weighted by Gasteiger charge is 2.39. The quantitative estimate of drug-likeness (QED) is 0.536. The first-order chi connectivity index (χ1) is 6.19. The maximum absolute atomic E-state index is 11.2. The van der Waals surface area contributed by atoms with Gasteiger partial charge < -0.3 is 14.2 Å². The van der Waals surface area contributed by atoms with Crippen molar-refractivity contribution in [1.29, 1.82) is 0 Å². The number of nitrogens with one attached hydrogen (secondary N) is 1. The summed E-state index contributed by atoms with van der Waals surface area (Å²) in [4.78, 5) is 13.4. The zero-order chi connectivity index (χ0) is 9.84. The first-order valence-corrected chi connectivity index (χ1v) is 4.40. The molecule has 1 aliphatic rings. The minimum atomic E-state index is -0.766. The van der Waals surface area contributed by atoms with Crippen LogP contribution in [0.25, 0.3) is 0 Å². The molecule has 0 aromatic carbocycles. The summed E-state index contributed by atoms with van der Waals surface area (Å²) in [5.74, 6) is -0.477. The van der Waals surface area contributed by atoms with Gasteiger partial charge in [0.15, 0.2) is 18.6 Å². The molecule has 5 nitrogen and oxygen atoms in total. The van der Waals surface area contributed by atoms with Gasteiger partial charge in [-0.1, -0.05) is 0 Å². The van der Waals surface area contributed by atoms with E-state index in [1.807, 2.05) is 0 Å². The molecule has 0 amide bonds. The maximum Gasteiger partial charge on any atom is 0.329 e. The molecule has 1 N–H and O–H groups in total. The lowest BCUT2D eigenvalue weighted by atomic mass is 10.3. The fourth-order valence-electron chi connectivity index (χ4n) is 0.984. The SMILES string of the molecule is CCOC(=O)C(NCl)C1OC(C)O1. The Kier molecular flexibility index (Phi) is 3.92. The Labute approximate surface area is 81.4 Å². The van der Waals surface area contributed by atoms with Crippen LogP contribution in [-0.2, 0) is 19.0 Å². The largest absolute Gasteiger partial charge is 0.465 e. The molecule has 0 aliphatic carbocycles. The van der Waals surface area contributed by atoms with Crippen LogP contribution in [0.1, 0.15) is 13.8 Å². The van der Waals surface area contributed by atoms with Gasteiger partial charge in [0.1, 0.15) is 0 Å². The second-order valence-electron chi connectivity index (χ2n) is 2.55. The number of hydrogen-bond donors (Lipinski definition) is 1. The van der Waals surface area contributed by atoms with Crippen molar-refractivity contribution < 1.29 is 19.0 Å². The molecule has 0 spiro atoms. The van der Waals surface area contributed by atoms with Crippen molar-refractivity contribution in [2.24, 2.45) is 0 Å². The second-order valence-corrected chi connectivity index (χ2v) is 2.77. The van der Waals surface area contributed by atoms with Crippen molar-refractivity contribution in [3.8, 4) is 0 Å². The Morgan fingerprint density at radius 2 is 2.31 bits per heavy atom. The van der Waals surface area contributed by atoms with Gasteiger partial charge in [0.05, 0.1) is 6.61 Å². The highest BCUT2D eigenvalue weighted by Crippen LogP contribution is 2.20. The van der Waals surface area contributed by atoms with Crippen LogP contribution in [0, 0.1) is 0 Å². The summed E-state index contributed by atoms with van der Waals surface area (Å²) < 4.78 is 14.9. The Morgan fingerprint density at radius 3 is 2.69 bits per heavy atom. The number of esters is 1. The summed E-state index contributed by atoms with van der Waals surface area (Å²) >= 11 is 5.34. The van der Waals surface area contributed by atoms with Gasteiger partial charge in [-0.2, -0.15) is 0 Å². The Morgan fingerprint density at radius 1 is 1.69 bits per heavy atom. The molecule has 6 heteroatoms. The highest BCUT2D eigenvalue weighted by atomic mass is 35.5. The van der Waals surface area contributed by atoms with Gasteiger partial charge >= 0.3 is 5.97 Å². The van der Waals surface area contributed by atoms with Crippen LogP contribution < -0.4 is 4.84 Å². The number of carbonyl (C=O) groups is 1. The third-order valence-electron chi connectivity index (χ3n) is 1.58. The predicted octanol–water partition coefficient (Wildman–Crippen LogP) is 0.380. The monoisotopic (exact) mass is 209 g/mol. The Balaban J connectivity index is 2.38. The molecule has 0 saturated carbocycles. The fourth-order valence-corrected chi connectivity index (χ4v) is 1.18. The van der Waals surface area contributed by atoms with Crippen LogP contribution in [0.3, 0.4) is 0 Å². The maximum atomic E-state index is 11.2. The van der Waals surface area contributed by atoms with Gasteiger partial charge in [-0.05, 0) is 25.6 Å². The van der Waals surface area contributed by atoms with E-state index < -0.39 is 18.3 Å². The summed E-state index contributed by atoms with van der Waals surface area (Å²) in [5.41, 5.74) is 0. The molecule has 1 saturated heterocycles. The van der Waals surface area contributed by atoms with Gasteiger partial charge in [0, 0.05) is 0 Å². The van der Waals surface area contributed by atoms with E-state index in [4.69, 9.17) is 26.0 Å². The van der Waals surface area contributed by atoms with Crippen LogP contribution in [0.4, 0.5) is 0 Å². The lowest BCUT2D eigenvalue weighted by Crippen LogP contribution is -2.54. The molecule has 1 fully saturated rings. The molecule has 1 unspecified atom stereocenters. The number of hydrogen-bond acceptors (Lipinski definition) is 5. The fraction of sp³-hybridized carbons (Fsp3) is 0.857. The number of rotatable bonds is 4. The molecule has 1 aliphatic heterocycles. The summed E-state index contributed by atoms with van der Waals surface area (Å²) in [6.07, 6.45) is -0.932. The molecule has 1 heterocycles. The van der Waals surface area contributed by atoms with E-state index in [1.165, 1.54) is 0 Å². The molecular formula is C7H12ClNO4. The zero-order valence-corrected chi connectivity index (χ0v) is 8.21. The standard InChI is InChI=1S/C7H12ClNO4/c1-3-11-6(10)5(9-8)7-12-4(2)13-7/h4-5,7,9H,3H2,1-2H3. The van der Waals surface area contributed by atoms with Crippen LogP contribution in [0.2, 0.25) is 0 Å². The van der Waals surface area contributed by atoms with Crippen LogP contribution in [0.15, 0.2) is 0 Å². The molecule has 76 valence electrons. The van der Waals surface area contributed by atoms with E-state index in [0.29, 0.717) is 6.61 Å². The molecule has 0 bridgehead atoms. The Bertz CT molecular complexity index is 183. The average Bonchev–Trinajstić information content (AvgIpc) is 2.03. The van der Waals surface area contributed by atoms with Crippen molar-refractivity contribution in [3.05, 3.63) is 0 Å². The number of carbonyl (C=O) groups excluding carboxylic acids is 1. The van der Waals surface area contributed by atoms with E-state index >= 15 is 0 Å². The molecule has 0 radical (unpaired) electrons. The van der Waals surface area contributed by atoms with Gasteiger partial charge in [-0.15, -0.1) is 0 Å². The summed E-state index contributed by atoms with van der Waals surface area (Å²) in [6, 6.07) is -0.766. The first-order valence-electron chi connectivity index (χ1n) is 4.02. The summed E-state index contributed by atoms with van der Waals surface area (Å²) in [6.45, 7) is 3.75. The second kappa shape index (κ2) is 4.76. The van der Waals surface area contributed by atoms with Gasteiger partial charge in [0.2, 0.25) is 0 Å². The van der Waals surface area contributed by atoms with Crippen LogP contribution in [-0.4, -0.2) is 31.2 Å². The minimum absolute atomic E-state index is 0.285. The van der Waals surface area contributed by atoms with Crippen molar-refractivity contribution in [3.63, 3.8) is 0 Å². The van der Waals surface area contributed by atoms with Crippen molar-refractivity contribution >= 4 is 17.7 Å². The molecule has 0 aromatic heterocycles. The van der Waals surface area contributed by atoms with E-state index in [2.05, 4.69) is 4.84 Å².